The Morgan fingerprint density at radius 1 is 1.00 bits per heavy atom. The van der Waals surface area contributed by atoms with Crippen LogP contribution in [0.25, 0.3) is 0 Å². The number of amidine groups is 1. The number of carbonyl (C=O) groups excluding carboxylic acids is 2. The van der Waals surface area contributed by atoms with Crippen molar-refractivity contribution >= 4 is 40.1 Å². The zero-order chi connectivity index (χ0) is 30.0. The van der Waals surface area contributed by atoms with Crippen LogP contribution in [0.4, 0.5) is 24.5 Å². The number of ether oxygens (including phenoxy) is 1. The number of carbonyl (C=O) groups is 2. The van der Waals surface area contributed by atoms with Crippen molar-refractivity contribution < 1.29 is 27.5 Å². The van der Waals surface area contributed by atoms with Crippen molar-refractivity contribution in [2.45, 2.75) is 56.9 Å². The summed E-state index contributed by atoms with van der Waals surface area (Å²) in [5.41, 5.74) is 0.888. The molecule has 1 heterocycles. The highest BCUT2D eigenvalue weighted by atomic mass is 32.2. The summed E-state index contributed by atoms with van der Waals surface area (Å²) in [6, 6.07) is 21.3. The molecule has 2 amide bonds. The molecule has 1 aliphatic heterocycles. The van der Waals surface area contributed by atoms with Crippen molar-refractivity contribution in [2.24, 2.45) is 4.99 Å². The Morgan fingerprint density at radius 3 is 2.48 bits per heavy atom. The van der Waals surface area contributed by atoms with E-state index in [0.29, 0.717) is 31.0 Å². The van der Waals surface area contributed by atoms with Crippen LogP contribution in [0, 0.1) is 0 Å². The molecule has 1 aliphatic rings. The number of benzene rings is 3. The summed E-state index contributed by atoms with van der Waals surface area (Å²) in [7, 11) is 0. The molecule has 0 spiro atoms. The van der Waals surface area contributed by atoms with E-state index in [9.17, 15) is 22.8 Å². The Morgan fingerprint density at radius 2 is 1.76 bits per heavy atom. The van der Waals surface area contributed by atoms with Gasteiger partial charge in [-0.15, -0.1) is 0 Å². The standard InChI is InChI=1S/C32H34F3N3O3S/c1-2-3-4-8-20-41-27-16-14-26(15-17-27)38-29(39)22-28(30(38)40)42-31(36-19-18-23-10-6-5-7-11-23)37-25-13-9-12-24(21-25)32(33,34)35/h5-7,9-17,21,28H,2-4,8,18-20,22H2,1H3,(H,36,37). The predicted molar refractivity (Wildman–Crippen MR) is 162 cm³/mol. The molecule has 1 fully saturated rings. The van der Waals surface area contributed by atoms with Gasteiger partial charge in [-0.25, -0.2) is 4.90 Å². The van der Waals surface area contributed by atoms with Gasteiger partial charge in [-0.2, -0.15) is 13.2 Å². The van der Waals surface area contributed by atoms with Crippen LogP contribution in [0.1, 0.15) is 50.2 Å². The van der Waals surface area contributed by atoms with E-state index in [0.717, 1.165) is 60.0 Å². The lowest BCUT2D eigenvalue weighted by molar-refractivity contribution is -0.137. The van der Waals surface area contributed by atoms with Crippen LogP contribution in [-0.4, -0.2) is 35.4 Å². The van der Waals surface area contributed by atoms with Crippen LogP contribution in [-0.2, 0) is 22.2 Å². The molecule has 10 heteroatoms. The SMILES string of the molecule is CCCCCCOc1ccc(N2C(=O)CC(SC(=NCCc3ccccc3)Nc3cccc(C(F)(F)F)c3)C2=O)cc1. The van der Waals surface area contributed by atoms with Crippen LogP contribution in [0.15, 0.2) is 83.9 Å². The molecule has 42 heavy (non-hydrogen) atoms. The first-order valence-electron chi connectivity index (χ1n) is 14.0. The topological polar surface area (TPSA) is 71.0 Å². The van der Waals surface area contributed by atoms with E-state index in [1.807, 2.05) is 30.3 Å². The van der Waals surface area contributed by atoms with Crippen LogP contribution in [0.2, 0.25) is 0 Å². The highest BCUT2D eigenvalue weighted by Gasteiger charge is 2.41. The fourth-order valence-corrected chi connectivity index (χ4v) is 5.49. The summed E-state index contributed by atoms with van der Waals surface area (Å²) in [4.78, 5) is 32.0. The molecule has 6 nitrogen and oxygen atoms in total. The maximum atomic E-state index is 13.4. The van der Waals surface area contributed by atoms with Crippen molar-refractivity contribution in [3.8, 4) is 5.75 Å². The van der Waals surface area contributed by atoms with E-state index in [1.54, 1.807) is 24.3 Å². The van der Waals surface area contributed by atoms with Gasteiger partial charge in [0.15, 0.2) is 5.17 Å². The molecule has 1 N–H and O–H groups in total. The maximum absolute atomic E-state index is 13.4. The number of hydrogen-bond acceptors (Lipinski definition) is 5. The van der Waals surface area contributed by atoms with Gasteiger partial charge in [0.2, 0.25) is 11.8 Å². The highest BCUT2D eigenvalue weighted by molar-refractivity contribution is 8.15. The second-order valence-corrected chi connectivity index (χ2v) is 11.1. The smallest absolute Gasteiger partial charge is 0.416 e. The first-order valence-corrected chi connectivity index (χ1v) is 14.9. The number of aliphatic imine (C=N–C) groups is 1. The largest absolute Gasteiger partial charge is 0.494 e. The Hall–Kier alpha value is -3.79. The Bertz CT molecular complexity index is 1360. The highest BCUT2D eigenvalue weighted by Crippen LogP contribution is 2.33. The van der Waals surface area contributed by atoms with E-state index < -0.39 is 22.9 Å². The number of anilines is 2. The van der Waals surface area contributed by atoms with Crippen molar-refractivity contribution in [1.29, 1.82) is 0 Å². The average Bonchev–Trinajstić information content (AvgIpc) is 3.25. The molecule has 1 unspecified atom stereocenters. The molecule has 3 aromatic carbocycles. The molecule has 4 rings (SSSR count). The summed E-state index contributed by atoms with van der Waals surface area (Å²) >= 11 is 1.05. The third-order valence-electron chi connectivity index (χ3n) is 6.66. The number of thioether (sulfide) groups is 1. The van der Waals surface area contributed by atoms with Crippen LogP contribution in [0.3, 0.4) is 0 Å². The van der Waals surface area contributed by atoms with Gasteiger partial charge in [0.25, 0.3) is 0 Å². The summed E-state index contributed by atoms with van der Waals surface area (Å²) in [5.74, 6) is -0.0911. The number of rotatable bonds is 12. The summed E-state index contributed by atoms with van der Waals surface area (Å²) in [5, 5.41) is 2.44. The Labute approximate surface area is 248 Å². The van der Waals surface area contributed by atoms with E-state index in [4.69, 9.17) is 4.74 Å². The van der Waals surface area contributed by atoms with E-state index in [2.05, 4.69) is 17.2 Å². The zero-order valence-corrected chi connectivity index (χ0v) is 24.2. The van der Waals surface area contributed by atoms with E-state index in [1.165, 1.54) is 12.1 Å². The number of halogens is 3. The van der Waals surface area contributed by atoms with Crippen molar-refractivity contribution in [3.63, 3.8) is 0 Å². The third-order valence-corrected chi connectivity index (χ3v) is 7.77. The average molecular weight is 598 g/mol. The molecular weight excluding hydrogens is 563 g/mol. The first kappa shape index (κ1) is 31.2. The summed E-state index contributed by atoms with van der Waals surface area (Å²) < 4.78 is 45.6. The van der Waals surface area contributed by atoms with Gasteiger partial charge in [-0.1, -0.05) is 74.3 Å². The minimum absolute atomic E-state index is 0.0544. The molecule has 0 aliphatic carbocycles. The van der Waals surface area contributed by atoms with Crippen LogP contribution >= 0.6 is 11.8 Å². The molecular formula is C32H34F3N3O3S. The van der Waals surface area contributed by atoms with Crippen LogP contribution in [0.5, 0.6) is 5.75 Å². The minimum atomic E-state index is -4.50. The van der Waals surface area contributed by atoms with Gasteiger partial charge >= 0.3 is 6.18 Å². The van der Waals surface area contributed by atoms with Gasteiger partial charge in [-0.3, -0.25) is 14.6 Å². The van der Waals surface area contributed by atoms with Crippen molar-refractivity contribution in [1.82, 2.24) is 0 Å². The molecule has 1 atom stereocenters. The number of nitrogens with one attached hydrogen (secondary N) is 1. The first-order chi connectivity index (χ1) is 20.2. The summed E-state index contributed by atoms with van der Waals surface area (Å²) in [6.45, 7) is 3.10. The molecule has 0 saturated carbocycles. The van der Waals surface area contributed by atoms with Gasteiger partial charge in [0, 0.05) is 18.7 Å². The van der Waals surface area contributed by atoms with Gasteiger partial charge in [-0.05, 0) is 60.9 Å². The lowest BCUT2D eigenvalue weighted by Crippen LogP contribution is -2.31. The van der Waals surface area contributed by atoms with E-state index >= 15 is 0 Å². The Kier molecular flexibility index (Phi) is 11.1. The quantitative estimate of drug-likeness (QED) is 0.100. The lowest BCUT2D eigenvalue weighted by Gasteiger charge is -2.17. The second kappa shape index (κ2) is 14.9. The zero-order valence-electron chi connectivity index (χ0n) is 23.4. The molecule has 3 aromatic rings. The number of amides is 2. The van der Waals surface area contributed by atoms with Gasteiger partial charge in [0.05, 0.1) is 17.9 Å². The maximum Gasteiger partial charge on any atom is 0.416 e. The summed E-state index contributed by atoms with van der Waals surface area (Å²) in [6.07, 6.45) is 0.419. The molecule has 0 aromatic heterocycles. The number of nitrogens with zero attached hydrogens (tertiary/aromatic N) is 2. The number of unbranched alkanes of at least 4 members (excludes halogenated alkanes) is 3. The third kappa shape index (κ3) is 8.85. The van der Waals surface area contributed by atoms with Crippen molar-refractivity contribution in [2.75, 3.05) is 23.4 Å². The number of imide groups is 1. The molecule has 0 radical (unpaired) electrons. The van der Waals surface area contributed by atoms with Crippen molar-refractivity contribution in [3.05, 3.63) is 90.0 Å². The lowest BCUT2D eigenvalue weighted by atomic mass is 10.2. The number of alkyl halides is 3. The van der Waals surface area contributed by atoms with Gasteiger partial charge < -0.3 is 10.1 Å². The Balaban J connectivity index is 1.45. The molecule has 0 bridgehead atoms. The second-order valence-electron chi connectivity index (χ2n) is 9.91. The van der Waals surface area contributed by atoms with Crippen LogP contribution < -0.4 is 15.0 Å². The predicted octanol–water partition coefficient (Wildman–Crippen LogP) is 7.74. The van der Waals surface area contributed by atoms with Gasteiger partial charge in [0.1, 0.15) is 11.0 Å². The minimum Gasteiger partial charge on any atom is -0.494 e. The van der Waals surface area contributed by atoms with E-state index in [-0.39, 0.29) is 23.2 Å². The molecule has 222 valence electrons. The normalized spacial score (nSPS) is 15.8. The fraction of sp³-hybridized carbons (Fsp3) is 0.344. The monoisotopic (exact) mass is 597 g/mol. The fourth-order valence-electron chi connectivity index (χ4n) is 4.45. The molecule has 1 saturated heterocycles. The number of hydrogen-bond donors (Lipinski definition) is 1.